The lowest BCUT2D eigenvalue weighted by Crippen LogP contribution is -2.39. The summed E-state index contributed by atoms with van der Waals surface area (Å²) in [5, 5.41) is 6.62. The molecule has 1 aliphatic heterocycles. The number of hydrogen-bond acceptors (Lipinski definition) is 4. The Morgan fingerprint density at radius 1 is 1.03 bits per heavy atom. The van der Waals surface area contributed by atoms with Crippen molar-refractivity contribution in [2.24, 2.45) is 4.99 Å². The maximum atomic E-state index is 12.4. The van der Waals surface area contributed by atoms with Gasteiger partial charge in [0.05, 0.1) is 19.8 Å². The van der Waals surface area contributed by atoms with E-state index < -0.39 is 10.8 Å². The number of morpholine rings is 1. The topological polar surface area (TPSA) is 66.0 Å². The van der Waals surface area contributed by atoms with Gasteiger partial charge in [0.25, 0.3) is 0 Å². The van der Waals surface area contributed by atoms with Crippen molar-refractivity contribution < 1.29 is 8.95 Å². The van der Waals surface area contributed by atoms with Crippen molar-refractivity contribution in [3.05, 3.63) is 71.3 Å². The molecule has 1 aliphatic rings. The number of guanidine groups is 1. The van der Waals surface area contributed by atoms with Gasteiger partial charge in [-0.1, -0.05) is 54.6 Å². The fourth-order valence-corrected chi connectivity index (χ4v) is 4.53. The molecule has 0 aliphatic carbocycles. The van der Waals surface area contributed by atoms with Gasteiger partial charge in [-0.25, -0.2) is 4.99 Å². The molecular formula is C24H35IN4O2S. The van der Waals surface area contributed by atoms with Crippen molar-refractivity contribution in [3.8, 4) is 0 Å². The highest BCUT2D eigenvalue weighted by atomic mass is 127. The Labute approximate surface area is 211 Å². The average molecular weight is 571 g/mol. The summed E-state index contributed by atoms with van der Waals surface area (Å²) in [4.78, 5) is 7.20. The number of nitrogens with zero attached hydrogens (tertiary/aromatic N) is 2. The zero-order valence-electron chi connectivity index (χ0n) is 18.8. The van der Waals surface area contributed by atoms with Crippen molar-refractivity contribution in [1.82, 2.24) is 15.5 Å². The third kappa shape index (κ3) is 9.56. The van der Waals surface area contributed by atoms with Crippen LogP contribution in [0.5, 0.6) is 0 Å². The van der Waals surface area contributed by atoms with Crippen molar-refractivity contribution in [2.75, 3.05) is 45.1 Å². The number of halogens is 1. The first kappa shape index (κ1) is 26.8. The molecule has 0 bridgehead atoms. The Bertz CT molecular complexity index is 845. The van der Waals surface area contributed by atoms with E-state index in [2.05, 4.69) is 46.7 Å². The standard InChI is InChI=1S/C24H34N4O2S.HI/c1-2-25-24(26-12-17-31(29)20-21-8-4-3-5-9-21)27-18-22-10-6-7-11-23(22)19-28-13-15-30-16-14-28;/h3-11H,2,12-20H2,1H3,(H2,25,26,27);1H. The van der Waals surface area contributed by atoms with Gasteiger partial charge in [0.2, 0.25) is 0 Å². The molecule has 2 aromatic carbocycles. The Kier molecular flexibility index (Phi) is 12.8. The van der Waals surface area contributed by atoms with Crippen LogP contribution in [0.4, 0.5) is 0 Å². The fraction of sp³-hybridized carbons (Fsp3) is 0.458. The second-order valence-electron chi connectivity index (χ2n) is 7.55. The number of benzene rings is 2. The Balaban J connectivity index is 0.00000363. The van der Waals surface area contributed by atoms with Gasteiger partial charge in [-0.05, 0) is 23.6 Å². The maximum Gasteiger partial charge on any atom is 0.191 e. The van der Waals surface area contributed by atoms with Gasteiger partial charge in [-0.2, -0.15) is 0 Å². The van der Waals surface area contributed by atoms with E-state index in [0.29, 0.717) is 24.6 Å². The lowest BCUT2D eigenvalue weighted by Gasteiger charge is -2.27. The van der Waals surface area contributed by atoms with E-state index in [0.717, 1.165) is 50.9 Å². The van der Waals surface area contributed by atoms with E-state index in [1.807, 2.05) is 30.3 Å². The third-order valence-electron chi connectivity index (χ3n) is 5.16. The molecule has 176 valence electrons. The lowest BCUT2D eigenvalue weighted by atomic mass is 10.1. The van der Waals surface area contributed by atoms with Gasteiger partial charge >= 0.3 is 0 Å². The predicted molar refractivity (Wildman–Crippen MR) is 144 cm³/mol. The van der Waals surface area contributed by atoms with Gasteiger partial charge in [0.1, 0.15) is 0 Å². The molecule has 32 heavy (non-hydrogen) atoms. The molecule has 0 amide bonds. The predicted octanol–water partition coefficient (Wildman–Crippen LogP) is 3.14. The van der Waals surface area contributed by atoms with E-state index in [1.54, 1.807) is 0 Å². The van der Waals surface area contributed by atoms with Crippen LogP contribution in [0.15, 0.2) is 59.6 Å². The minimum atomic E-state index is -0.900. The summed E-state index contributed by atoms with van der Waals surface area (Å²) < 4.78 is 17.8. The first-order valence-electron chi connectivity index (χ1n) is 11.0. The average Bonchev–Trinajstić information content (AvgIpc) is 2.80. The van der Waals surface area contributed by atoms with Crippen molar-refractivity contribution >= 4 is 40.7 Å². The molecule has 2 N–H and O–H groups in total. The molecule has 1 unspecified atom stereocenters. The van der Waals surface area contributed by atoms with E-state index in [-0.39, 0.29) is 24.0 Å². The normalized spacial score (nSPS) is 15.6. The molecule has 0 saturated carbocycles. The monoisotopic (exact) mass is 570 g/mol. The summed E-state index contributed by atoms with van der Waals surface area (Å²) in [6.07, 6.45) is 0. The molecule has 1 saturated heterocycles. The molecule has 1 atom stereocenters. The quantitative estimate of drug-likeness (QED) is 0.261. The van der Waals surface area contributed by atoms with Crippen LogP contribution in [0.25, 0.3) is 0 Å². The van der Waals surface area contributed by atoms with E-state index >= 15 is 0 Å². The van der Waals surface area contributed by atoms with Crippen LogP contribution < -0.4 is 10.6 Å². The highest BCUT2D eigenvalue weighted by Gasteiger charge is 2.12. The first-order chi connectivity index (χ1) is 15.2. The maximum absolute atomic E-state index is 12.4. The van der Waals surface area contributed by atoms with Crippen LogP contribution in [-0.2, 0) is 34.4 Å². The molecule has 0 aromatic heterocycles. The fourth-order valence-electron chi connectivity index (χ4n) is 3.49. The third-order valence-corrected chi connectivity index (χ3v) is 6.48. The molecule has 0 spiro atoms. The van der Waals surface area contributed by atoms with Crippen LogP contribution in [0.2, 0.25) is 0 Å². The summed E-state index contributed by atoms with van der Waals surface area (Å²) >= 11 is 0. The van der Waals surface area contributed by atoms with E-state index in [4.69, 9.17) is 9.73 Å². The van der Waals surface area contributed by atoms with Gasteiger partial charge in [0, 0.05) is 55.0 Å². The Hall–Kier alpha value is -1.49. The van der Waals surface area contributed by atoms with Gasteiger partial charge in [-0.3, -0.25) is 9.11 Å². The number of rotatable bonds is 10. The highest BCUT2D eigenvalue weighted by Crippen LogP contribution is 2.14. The minimum Gasteiger partial charge on any atom is -0.379 e. The smallest absolute Gasteiger partial charge is 0.191 e. The van der Waals surface area contributed by atoms with E-state index in [9.17, 15) is 4.21 Å². The number of nitrogens with one attached hydrogen (secondary N) is 2. The molecular weight excluding hydrogens is 535 g/mol. The van der Waals surface area contributed by atoms with Crippen LogP contribution in [0.3, 0.4) is 0 Å². The summed E-state index contributed by atoms with van der Waals surface area (Å²) in [6, 6.07) is 18.5. The molecule has 8 heteroatoms. The van der Waals surface area contributed by atoms with Crippen LogP contribution >= 0.6 is 24.0 Å². The number of hydrogen-bond donors (Lipinski definition) is 2. The molecule has 2 aromatic rings. The Morgan fingerprint density at radius 2 is 1.72 bits per heavy atom. The van der Waals surface area contributed by atoms with Crippen LogP contribution in [0, 0.1) is 0 Å². The number of ether oxygens (including phenoxy) is 1. The second kappa shape index (κ2) is 15.4. The van der Waals surface area contributed by atoms with Gasteiger partial charge in [0.15, 0.2) is 5.96 Å². The summed E-state index contributed by atoms with van der Waals surface area (Å²) in [7, 11) is -0.900. The first-order valence-corrected chi connectivity index (χ1v) is 12.5. The zero-order chi connectivity index (χ0) is 21.7. The minimum absolute atomic E-state index is 0. The zero-order valence-corrected chi connectivity index (χ0v) is 21.9. The summed E-state index contributed by atoms with van der Waals surface area (Å²) in [5.41, 5.74) is 3.66. The Morgan fingerprint density at radius 3 is 2.44 bits per heavy atom. The van der Waals surface area contributed by atoms with Crippen LogP contribution in [0.1, 0.15) is 23.6 Å². The number of aliphatic imine (C=N–C) groups is 1. The van der Waals surface area contributed by atoms with Crippen molar-refractivity contribution in [1.29, 1.82) is 0 Å². The van der Waals surface area contributed by atoms with Gasteiger partial charge in [-0.15, -0.1) is 24.0 Å². The van der Waals surface area contributed by atoms with Crippen LogP contribution in [-0.4, -0.2) is 60.2 Å². The lowest BCUT2D eigenvalue weighted by molar-refractivity contribution is 0.0341. The molecule has 3 rings (SSSR count). The molecule has 1 heterocycles. The molecule has 6 nitrogen and oxygen atoms in total. The largest absolute Gasteiger partial charge is 0.379 e. The summed E-state index contributed by atoms with van der Waals surface area (Å²) in [5.74, 6) is 1.94. The van der Waals surface area contributed by atoms with Crippen molar-refractivity contribution in [2.45, 2.75) is 25.8 Å². The second-order valence-corrected chi connectivity index (χ2v) is 9.13. The van der Waals surface area contributed by atoms with E-state index in [1.165, 1.54) is 11.1 Å². The summed E-state index contributed by atoms with van der Waals surface area (Å²) in [6.45, 7) is 8.57. The molecule has 0 radical (unpaired) electrons. The SMILES string of the molecule is CCNC(=NCc1ccccc1CN1CCOCC1)NCCS(=O)Cc1ccccc1.I. The highest BCUT2D eigenvalue weighted by molar-refractivity contribution is 14.0. The van der Waals surface area contributed by atoms with Gasteiger partial charge < -0.3 is 15.4 Å². The molecule has 1 fully saturated rings. The van der Waals surface area contributed by atoms with Crippen molar-refractivity contribution in [3.63, 3.8) is 0 Å².